The number of halogens is 3. The Morgan fingerprint density at radius 3 is 2.35 bits per heavy atom. The molecule has 0 radical (unpaired) electrons. The number of rotatable bonds is 2. The van der Waals surface area contributed by atoms with Gasteiger partial charge in [0.2, 0.25) is 0 Å². The van der Waals surface area contributed by atoms with Gasteiger partial charge in [-0.2, -0.15) is 21.6 Å². The van der Waals surface area contributed by atoms with Crippen LogP contribution in [0, 0.1) is 0 Å². The van der Waals surface area contributed by atoms with Gasteiger partial charge in [-0.15, -0.1) is 0 Å². The van der Waals surface area contributed by atoms with E-state index >= 15 is 0 Å². The zero-order valence-electron chi connectivity index (χ0n) is 7.95. The summed E-state index contributed by atoms with van der Waals surface area (Å²) < 4.78 is 61.1. The van der Waals surface area contributed by atoms with E-state index in [9.17, 15) is 31.8 Å². The number of benzene rings is 1. The van der Waals surface area contributed by atoms with Crippen LogP contribution in [0.15, 0.2) is 6.07 Å². The van der Waals surface area contributed by atoms with Crippen molar-refractivity contribution in [3.8, 4) is 17.2 Å². The molecule has 0 heterocycles. The molecule has 17 heavy (non-hydrogen) atoms. The Morgan fingerprint density at radius 2 is 1.82 bits per heavy atom. The average Bonchev–Trinajstić information content (AvgIpc) is 2.91. The SMILES string of the molecule is O=S(=O)(Oc1cc(O)c2c(c1O)C2)C(F)(F)F. The lowest BCUT2D eigenvalue weighted by molar-refractivity contribution is -0.0500. The van der Waals surface area contributed by atoms with Crippen molar-refractivity contribution in [2.75, 3.05) is 0 Å². The van der Waals surface area contributed by atoms with E-state index in [1.54, 1.807) is 0 Å². The molecule has 0 bridgehead atoms. The number of aromatic hydroxyl groups is 2. The Balaban J connectivity index is 2.40. The molecule has 0 unspecified atom stereocenters. The number of hydrogen-bond acceptors (Lipinski definition) is 5. The third-order valence-corrected chi connectivity index (χ3v) is 3.14. The van der Waals surface area contributed by atoms with Crippen LogP contribution in [-0.2, 0) is 16.5 Å². The van der Waals surface area contributed by atoms with Crippen LogP contribution in [0.4, 0.5) is 13.2 Å². The van der Waals surface area contributed by atoms with Crippen molar-refractivity contribution in [2.45, 2.75) is 11.9 Å². The molecule has 0 amide bonds. The normalized spacial score (nSPS) is 14.3. The lowest BCUT2D eigenvalue weighted by Gasteiger charge is -2.10. The molecule has 9 heteroatoms. The molecule has 0 aromatic heterocycles. The first kappa shape index (κ1) is 11.8. The van der Waals surface area contributed by atoms with Gasteiger partial charge < -0.3 is 14.4 Å². The van der Waals surface area contributed by atoms with E-state index < -0.39 is 32.9 Å². The first-order valence-corrected chi connectivity index (χ1v) is 5.62. The molecule has 0 saturated carbocycles. The Kier molecular flexibility index (Phi) is 2.22. The van der Waals surface area contributed by atoms with E-state index in [0.717, 1.165) is 0 Å². The third kappa shape index (κ3) is 1.86. The molecule has 0 aliphatic heterocycles. The molecule has 94 valence electrons. The zero-order chi connectivity index (χ0) is 13.0. The van der Waals surface area contributed by atoms with Crippen molar-refractivity contribution in [1.29, 1.82) is 0 Å². The predicted molar refractivity (Wildman–Crippen MR) is 48.2 cm³/mol. The van der Waals surface area contributed by atoms with Crippen LogP contribution in [-0.4, -0.2) is 24.1 Å². The second-order valence-corrected chi connectivity index (χ2v) is 4.90. The maximum Gasteiger partial charge on any atom is 0.534 e. The van der Waals surface area contributed by atoms with Crippen molar-refractivity contribution >= 4 is 10.1 Å². The van der Waals surface area contributed by atoms with E-state index in [4.69, 9.17) is 0 Å². The van der Waals surface area contributed by atoms with E-state index in [-0.39, 0.29) is 12.0 Å². The number of phenols is 2. The number of fused-ring (bicyclic) bond motifs is 1. The van der Waals surface area contributed by atoms with Crippen LogP contribution in [0.2, 0.25) is 0 Å². The highest BCUT2D eigenvalue weighted by Crippen LogP contribution is 2.49. The lowest BCUT2D eigenvalue weighted by Crippen LogP contribution is -2.28. The largest absolute Gasteiger partial charge is 0.534 e. The van der Waals surface area contributed by atoms with Gasteiger partial charge in [-0.05, 0) is 0 Å². The van der Waals surface area contributed by atoms with Gasteiger partial charge in [0.25, 0.3) is 0 Å². The Labute approximate surface area is 93.2 Å². The Hall–Kier alpha value is -1.64. The second-order valence-electron chi connectivity index (χ2n) is 3.36. The van der Waals surface area contributed by atoms with Gasteiger partial charge in [0.1, 0.15) is 5.75 Å². The van der Waals surface area contributed by atoms with Crippen LogP contribution in [0.25, 0.3) is 0 Å². The molecule has 0 saturated heterocycles. The van der Waals surface area contributed by atoms with Crippen LogP contribution >= 0.6 is 0 Å². The highest BCUT2D eigenvalue weighted by molar-refractivity contribution is 7.88. The highest BCUT2D eigenvalue weighted by Gasteiger charge is 2.49. The number of alkyl halides is 3. The Morgan fingerprint density at radius 1 is 1.24 bits per heavy atom. The fraction of sp³-hybridized carbons (Fsp3) is 0.250. The first-order valence-electron chi connectivity index (χ1n) is 4.21. The quantitative estimate of drug-likeness (QED) is 0.487. The maximum absolute atomic E-state index is 12.0. The van der Waals surface area contributed by atoms with Gasteiger partial charge >= 0.3 is 15.6 Å². The maximum atomic E-state index is 12.0. The van der Waals surface area contributed by atoms with Crippen molar-refractivity contribution < 1.29 is 36.0 Å². The topological polar surface area (TPSA) is 83.8 Å². The summed E-state index contributed by atoms with van der Waals surface area (Å²) in [5.74, 6) is -2.05. The first-order chi connectivity index (χ1) is 7.63. The Bertz CT molecular complexity index is 590. The van der Waals surface area contributed by atoms with Gasteiger partial charge in [-0.3, -0.25) is 0 Å². The van der Waals surface area contributed by atoms with Crippen molar-refractivity contribution in [3.63, 3.8) is 0 Å². The van der Waals surface area contributed by atoms with Crippen LogP contribution in [0.3, 0.4) is 0 Å². The molecule has 2 N–H and O–H groups in total. The summed E-state index contributed by atoms with van der Waals surface area (Å²) in [5, 5.41) is 18.5. The molecule has 1 aromatic rings. The highest BCUT2D eigenvalue weighted by atomic mass is 32.2. The summed E-state index contributed by atoms with van der Waals surface area (Å²) in [6.07, 6.45) is 0.188. The number of phenolic OH excluding ortho intramolecular Hbond substituents is 2. The molecule has 1 aromatic carbocycles. The molecule has 1 aliphatic rings. The molecule has 0 atom stereocenters. The van der Waals surface area contributed by atoms with Crippen molar-refractivity contribution in [1.82, 2.24) is 0 Å². The smallest absolute Gasteiger partial charge is 0.508 e. The van der Waals surface area contributed by atoms with E-state index in [0.29, 0.717) is 11.6 Å². The van der Waals surface area contributed by atoms with Gasteiger partial charge in [0.05, 0.1) is 0 Å². The van der Waals surface area contributed by atoms with Crippen LogP contribution in [0.5, 0.6) is 17.2 Å². The monoisotopic (exact) mass is 270 g/mol. The van der Waals surface area contributed by atoms with Crippen molar-refractivity contribution in [3.05, 3.63) is 17.2 Å². The lowest BCUT2D eigenvalue weighted by atomic mass is 10.3. The van der Waals surface area contributed by atoms with Gasteiger partial charge in [-0.25, -0.2) is 0 Å². The summed E-state index contributed by atoms with van der Waals surface area (Å²) >= 11 is 0. The van der Waals surface area contributed by atoms with Gasteiger partial charge in [0, 0.05) is 23.6 Å². The minimum absolute atomic E-state index is 0.178. The minimum Gasteiger partial charge on any atom is -0.508 e. The summed E-state index contributed by atoms with van der Waals surface area (Å²) in [6, 6.07) is 0.629. The molecule has 5 nitrogen and oxygen atoms in total. The van der Waals surface area contributed by atoms with E-state index in [1.807, 2.05) is 0 Å². The molecule has 0 fully saturated rings. The van der Waals surface area contributed by atoms with Gasteiger partial charge in [0.15, 0.2) is 11.5 Å². The molecule has 1 aliphatic carbocycles. The van der Waals surface area contributed by atoms with Crippen molar-refractivity contribution in [2.24, 2.45) is 0 Å². The number of hydrogen-bond donors (Lipinski definition) is 2. The molecule has 2 rings (SSSR count). The third-order valence-electron chi connectivity index (χ3n) is 2.17. The summed E-state index contributed by atoms with van der Waals surface area (Å²) in [5.41, 5.74) is -5.06. The zero-order valence-corrected chi connectivity index (χ0v) is 8.76. The summed E-state index contributed by atoms with van der Waals surface area (Å²) in [6.45, 7) is 0. The van der Waals surface area contributed by atoms with Gasteiger partial charge in [-0.1, -0.05) is 0 Å². The summed E-state index contributed by atoms with van der Waals surface area (Å²) in [7, 11) is -5.85. The molecular formula is C8H5F3O5S. The second kappa shape index (κ2) is 3.19. The average molecular weight is 270 g/mol. The minimum atomic E-state index is -5.85. The fourth-order valence-electron chi connectivity index (χ4n) is 1.26. The standard InChI is InChI=1S/C8H5F3O5S/c9-8(10,11)17(14,15)16-6-2-5(12)3-1-4(3)7(6)13/h2,12-13H,1H2. The fourth-order valence-corrected chi connectivity index (χ4v) is 1.72. The van der Waals surface area contributed by atoms with E-state index in [2.05, 4.69) is 4.18 Å². The van der Waals surface area contributed by atoms with Crippen LogP contribution in [0.1, 0.15) is 11.1 Å². The predicted octanol–water partition coefficient (Wildman–Crippen LogP) is 1.23. The molecule has 0 spiro atoms. The summed E-state index contributed by atoms with van der Waals surface area (Å²) in [4.78, 5) is 0. The van der Waals surface area contributed by atoms with Crippen LogP contribution < -0.4 is 4.18 Å². The van der Waals surface area contributed by atoms with E-state index in [1.165, 1.54) is 0 Å². The molecular weight excluding hydrogens is 265 g/mol.